The van der Waals surface area contributed by atoms with E-state index in [0.717, 1.165) is 22.5 Å². The van der Waals surface area contributed by atoms with Crippen LogP contribution in [0.2, 0.25) is 0 Å². The predicted octanol–water partition coefficient (Wildman–Crippen LogP) is 4.38. The molecule has 0 amide bonds. The van der Waals surface area contributed by atoms with Gasteiger partial charge in [-0.25, -0.2) is 0 Å². The van der Waals surface area contributed by atoms with E-state index < -0.39 is 0 Å². The van der Waals surface area contributed by atoms with Crippen LogP contribution in [0.4, 0.5) is 5.69 Å². The quantitative estimate of drug-likeness (QED) is 0.905. The molecule has 0 saturated carbocycles. The molecule has 3 heteroatoms. The highest BCUT2D eigenvalue weighted by Gasteiger charge is 2.00. The Morgan fingerprint density at radius 1 is 1.17 bits per heavy atom. The monoisotopic (exact) mass is 305 g/mol. The number of benzene rings is 2. The van der Waals surface area contributed by atoms with Gasteiger partial charge >= 0.3 is 0 Å². The molecule has 0 unspecified atom stereocenters. The normalized spacial score (nSPS) is 10.2. The van der Waals surface area contributed by atoms with Gasteiger partial charge in [-0.2, -0.15) is 0 Å². The van der Waals surface area contributed by atoms with E-state index >= 15 is 0 Å². The molecule has 0 radical (unpaired) electrons. The topological polar surface area (TPSA) is 21.3 Å². The van der Waals surface area contributed by atoms with E-state index in [-0.39, 0.29) is 0 Å². The van der Waals surface area contributed by atoms with Crippen LogP contribution in [-0.4, -0.2) is 7.11 Å². The molecule has 0 bridgehead atoms. The van der Waals surface area contributed by atoms with Gasteiger partial charge in [0.25, 0.3) is 0 Å². The number of anilines is 1. The predicted molar refractivity (Wildman–Crippen MR) is 79.2 cm³/mol. The van der Waals surface area contributed by atoms with Crippen molar-refractivity contribution in [3.8, 4) is 5.75 Å². The molecule has 0 atom stereocenters. The Hall–Kier alpha value is -1.48. The second kappa shape index (κ2) is 5.91. The summed E-state index contributed by atoms with van der Waals surface area (Å²) in [6.07, 6.45) is 0. The summed E-state index contributed by atoms with van der Waals surface area (Å²) in [5, 5.41) is 3.44. The highest BCUT2D eigenvalue weighted by atomic mass is 79.9. The molecule has 2 rings (SSSR count). The smallest absolute Gasteiger partial charge is 0.119 e. The zero-order valence-corrected chi connectivity index (χ0v) is 12.1. The Balaban J connectivity index is 2.08. The summed E-state index contributed by atoms with van der Waals surface area (Å²) in [5.74, 6) is 0.889. The Morgan fingerprint density at radius 3 is 2.78 bits per heavy atom. The first-order valence-corrected chi connectivity index (χ1v) is 6.61. The zero-order chi connectivity index (χ0) is 13.0. The molecule has 2 nitrogen and oxygen atoms in total. The molecule has 0 fully saturated rings. The maximum absolute atomic E-state index is 5.21. The summed E-state index contributed by atoms with van der Waals surface area (Å²) in [7, 11) is 1.69. The van der Waals surface area contributed by atoms with Crippen molar-refractivity contribution in [1.29, 1.82) is 0 Å². The molecule has 0 heterocycles. The Kier molecular flexibility index (Phi) is 4.26. The number of aryl methyl sites for hydroxylation is 1. The molecular formula is C15H16BrNO. The van der Waals surface area contributed by atoms with Crippen molar-refractivity contribution < 1.29 is 4.74 Å². The second-order valence-corrected chi connectivity index (χ2v) is 5.08. The van der Waals surface area contributed by atoms with Gasteiger partial charge in [-0.1, -0.05) is 34.1 Å². The second-order valence-electron chi connectivity index (χ2n) is 4.16. The van der Waals surface area contributed by atoms with Crippen LogP contribution in [0.1, 0.15) is 11.1 Å². The van der Waals surface area contributed by atoms with Gasteiger partial charge in [-0.15, -0.1) is 0 Å². The third-order valence-corrected chi connectivity index (χ3v) is 3.31. The fraction of sp³-hybridized carbons (Fsp3) is 0.200. The van der Waals surface area contributed by atoms with Gasteiger partial charge in [0.15, 0.2) is 0 Å². The van der Waals surface area contributed by atoms with Crippen molar-refractivity contribution in [2.45, 2.75) is 13.5 Å². The average Bonchev–Trinajstić information content (AvgIpc) is 2.40. The lowest BCUT2D eigenvalue weighted by molar-refractivity contribution is 0.414. The average molecular weight is 306 g/mol. The van der Waals surface area contributed by atoms with Crippen LogP contribution >= 0.6 is 15.9 Å². The summed E-state index contributed by atoms with van der Waals surface area (Å²) in [5.41, 5.74) is 3.59. The maximum Gasteiger partial charge on any atom is 0.119 e. The first-order valence-electron chi connectivity index (χ1n) is 5.82. The van der Waals surface area contributed by atoms with Crippen LogP contribution in [0.3, 0.4) is 0 Å². The lowest BCUT2D eigenvalue weighted by atomic mass is 10.1. The summed E-state index contributed by atoms with van der Waals surface area (Å²) in [6.45, 7) is 2.88. The highest BCUT2D eigenvalue weighted by molar-refractivity contribution is 9.10. The Labute approximate surface area is 116 Å². The van der Waals surface area contributed by atoms with Crippen LogP contribution in [0.25, 0.3) is 0 Å². The zero-order valence-electron chi connectivity index (χ0n) is 10.5. The van der Waals surface area contributed by atoms with Crippen molar-refractivity contribution in [3.05, 3.63) is 58.1 Å². The van der Waals surface area contributed by atoms with Gasteiger partial charge in [0.2, 0.25) is 0 Å². The molecule has 0 aliphatic carbocycles. The van der Waals surface area contributed by atoms with E-state index in [1.807, 2.05) is 24.3 Å². The maximum atomic E-state index is 5.21. The molecule has 0 saturated heterocycles. The van der Waals surface area contributed by atoms with E-state index in [1.165, 1.54) is 11.1 Å². The standard InChI is InChI=1S/C15H16BrNO/c1-11-6-7-13(16)9-15(11)17-10-12-4-3-5-14(8-12)18-2/h3-9,17H,10H2,1-2H3. The van der Waals surface area contributed by atoms with Crippen molar-refractivity contribution in [2.75, 3.05) is 12.4 Å². The van der Waals surface area contributed by atoms with Crippen LogP contribution in [0.5, 0.6) is 5.75 Å². The minimum atomic E-state index is 0.786. The van der Waals surface area contributed by atoms with Gasteiger partial charge in [-0.05, 0) is 42.3 Å². The highest BCUT2D eigenvalue weighted by Crippen LogP contribution is 2.21. The molecule has 18 heavy (non-hydrogen) atoms. The molecule has 2 aromatic rings. The summed E-state index contributed by atoms with van der Waals surface area (Å²) >= 11 is 3.49. The Morgan fingerprint density at radius 2 is 2.00 bits per heavy atom. The molecule has 0 aliphatic heterocycles. The molecule has 2 aromatic carbocycles. The van der Waals surface area contributed by atoms with Gasteiger partial charge in [0.05, 0.1) is 7.11 Å². The molecular weight excluding hydrogens is 290 g/mol. The number of methoxy groups -OCH3 is 1. The van der Waals surface area contributed by atoms with Crippen LogP contribution < -0.4 is 10.1 Å². The van der Waals surface area contributed by atoms with Gasteiger partial charge in [0, 0.05) is 16.7 Å². The van der Waals surface area contributed by atoms with Crippen molar-refractivity contribution >= 4 is 21.6 Å². The summed E-state index contributed by atoms with van der Waals surface area (Å²) < 4.78 is 6.30. The fourth-order valence-electron chi connectivity index (χ4n) is 1.76. The van der Waals surface area contributed by atoms with Crippen LogP contribution in [0, 0.1) is 6.92 Å². The van der Waals surface area contributed by atoms with Gasteiger partial charge in [-0.3, -0.25) is 0 Å². The third-order valence-electron chi connectivity index (χ3n) is 2.82. The van der Waals surface area contributed by atoms with E-state index in [4.69, 9.17) is 4.74 Å². The van der Waals surface area contributed by atoms with Crippen LogP contribution in [-0.2, 0) is 6.54 Å². The minimum Gasteiger partial charge on any atom is -0.497 e. The molecule has 0 aromatic heterocycles. The Bertz CT molecular complexity index is 540. The number of hydrogen-bond donors (Lipinski definition) is 1. The van der Waals surface area contributed by atoms with Gasteiger partial charge < -0.3 is 10.1 Å². The molecule has 1 N–H and O–H groups in total. The SMILES string of the molecule is COc1cccc(CNc2cc(Br)ccc2C)c1. The molecule has 0 aliphatic rings. The molecule has 0 spiro atoms. The van der Waals surface area contributed by atoms with E-state index in [0.29, 0.717) is 0 Å². The lowest BCUT2D eigenvalue weighted by Crippen LogP contribution is -2.01. The van der Waals surface area contributed by atoms with Gasteiger partial charge in [0.1, 0.15) is 5.75 Å². The van der Waals surface area contributed by atoms with E-state index in [9.17, 15) is 0 Å². The summed E-state index contributed by atoms with van der Waals surface area (Å²) in [6, 6.07) is 14.3. The number of halogens is 1. The van der Waals surface area contributed by atoms with Crippen LogP contribution in [0.15, 0.2) is 46.9 Å². The minimum absolute atomic E-state index is 0.786. The third kappa shape index (κ3) is 3.26. The number of hydrogen-bond acceptors (Lipinski definition) is 2. The fourth-order valence-corrected chi connectivity index (χ4v) is 2.13. The van der Waals surface area contributed by atoms with Crippen molar-refractivity contribution in [2.24, 2.45) is 0 Å². The largest absolute Gasteiger partial charge is 0.497 e. The summed E-state index contributed by atoms with van der Waals surface area (Å²) in [4.78, 5) is 0. The number of ether oxygens (including phenoxy) is 1. The van der Waals surface area contributed by atoms with Crippen molar-refractivity contribution in [1.82, 2.24) is 0 Å². The first kappa shape index (κ1) is 13.0. The lowest BCUT2D eigenvalue weighted by Gasteiger charge is -2.10. The first-order chi connectivity index (χ1) is 8.69. The number of nitrogens with one attached hydrogen (secondary N) is 1. The van der Waals surface area contributed by atoms with E-state index in [1.54, 1.807) is 7.11 Å². The molecule has 94 valence electrons. The number of rotatable bonds is 4. The van der Waals surface area contributed by atoms with Crippen molar-refractivity contribution in [3.63, 3.8) is 0 Å². The van der Waals surface area contributed by atoms with E-state index in [2.05, 4.69) is 46.4 Å².